The van der Waals surface area contributed by atoms with Gasteiger partial charge in [0.05, 0.1) is 0 Å². The molecule has 104 valence electrons. The normalized spacial score (nSPS) is 10.3. The van der Waals surface area contributed by atoms with Gasteiger partial charge in [0.15, 0.2) is 0 Å². The van der Waals surface area contributed by atoms with Crippen LogP contribution < -0.4 is 5.32 Å². The second-order valence-corrected chi connectivity index (χ2v) is 5.79. The molecule has 0 aliphatic carbocycles. The van der Waals surface area contributed by atoms with Crippen molar-refractivity contribution in [1.29, 1.82) is 0 Å². The fraction of sp³-hybridized carbons (Fsp3) is 0.250. The van der Waals surface area contributed by atoms with E-state index in [0.29, 0.717) is 12.2 Å². The first-order valence-electron chi connectivity index (χ1n) is 6.56. The number of hydrogen-bond donors (Lipinski definition) is 1. The number of carbonyl (C=O) groups excluding carboxylic acids is 1. The van der Waals surface area contributed by atoms with Crippen LogP contribution in [0.25, 0.3) is 0 Å². The van der Waals surface area contributed by atoms with E-state index in [0.717, 1.165) is 11.4 Å². The molecule has 0 radical (unpaired) electrons. The molecule has 0 spiro atoms. The molecular weight excluding hydrogens is 268 g/mol. The molecule has 0 atom stereocenters. The van der Waals surface area contributed by atoms with Gasteiger partial charge in [-0.25, -0.2) is 4.98 Å². The van der Waals surface area contributed by atoms with Gasteiger partial charge in [0.2, 0.25) is 5.91 Å². The Morgan fingerprint density at radius 3 is 2.60 bits per heavy atom. The predicted molar refractivity (Wildman–Crippen MR) is 84.1 cm³/mol. The number of carbonyl (C=O) groups is 1. The summed E-state index contributed by atoms with van der Waals surface area (Å²) in [6.45, 7) is 3.97. The van der Waals surface area contributed by atoms with Crippen molar-refractivity contribution in [2.45, 2.75) is 25.2 Å². The lowest BCUT2D eigenvalue weighted by Crippen LogP contribution is -2.13. The zero-order chi connectivity index (χ0) is 14.4. The summed E-state index contributed by atoms with van der Waals surface area (Å²) in [6.07, 6.45) is 0.480. The number of aromatic nitrogens is 1. The van der Waals surface area contributed by atoms with Gasteiger partial charge < -0.3 is 5.32 Å². The molecule has 0 fully saturated rings. The molecule has 4 heteroatoms. The SMILES string of the molecule is Cc1ccc(SCCC(=O)Nc2cccc(C)n2)cc1. The van der Waals surface area contributed by atoms with Crippen LogP contribution in [0.4, 0.5) is 5.82 Å². The summed E-state index contributed by atoms with van der Waals surface area (Å²) in [5, 5.41) is 2.81. The Bertz CT molecular complexity index is 581. The number of hydrogen-bond acceptors (Lipinski definition) is 3. The topological polar surface area (TPSA) is 42.0 Å². The average molecular weight is 286 g/mol. The molecule has 0 saturated heterocycles. The molecule has 0 aliphatic rings. The maximum Gasteiger partial charge on any atom is 0.226 e. The smallest absolute Gasteiger partial charge is 0.226 e. The lowest BCUT2D eigenvalue weighted by atomic mass is 10.2. The fourth-order valence-electron chi connectivity index (χ4n) is 1.71. The van der Waals surface area contributed by atoms with Gasteiger partial charge in [-0.1, -0.05) is 23.8 Å². The molecule has 0 aliphatic heterocycles. The number of nitrogens with one attached hydrogen (secondary N) is 1. The van der Waals surface area contributed by atoms with Crippen LogP contribution in [0.5, 0.6) is 0 Å². The van der Waals surface area contributed by atoms with Crippen LogP contribution in [-0.4, -0.2) is 16.6 Å². The van der Waals surface area contributed by atoms with Gasteiger partial charge in [-0.05, 0) is 38.1 Å². The minimum absolute atomic E-state index is 0.00251. The lowest BCUT2D eigenvalue weighted by Gasteiger charge is -2.05. The zero-order valence-corrected chi connectivity index (χ0v) is 12.5. The molecule has 3 nitrogen and oxygen atoms in total. The summed E-state index contributed by atoms with van der Waals surface area (Å²) < 4.78 is 0. The molecule has 0 saturated carbocycles. The molecular formula is C16H18N2OS. The van der Waals surface area contributed by atoms with Crippen molar-refractivity contribution in [3.63, 3.8) is 0 Å². The van der Waals surface area contributed by atoms with Gasteiger partial charge in [-0.15, -0.1) is 11.8 Å². The van der Waals surface area contributed by atoms with Gasteiger partial charge in [-0.3, -0.25) is 4.79 Å². The predicted octanol–water partition coefficient (Wildman–Crippen LogP) is 3.82. The van der Waals surface area contributed by atoms with E-state index in [1.807, 2.05) is 19.1 Å². The molecule has 1 N–H and O–H groups in total. The van der Waals surface area contributed by atoms with Crippen LogP contribution in [0.2, 0.25) is 0 Å². The molecule has 2 aromatic rings. The van der Waals surface area contributed by atoms with Gasteiger partial charge in [0, 0.05) is 22.8 Å². The molecule has 0 unspecified atom stereocenters. The molecule has 0 bridgehead atoms. The first kappa shape index (κ1) is 14.6. The van der Waals surface area contributed by atoms with Crippen molar-refractivity contribution in [2.24, 2.45) is 0 Å². The van der Waals surface area contributed by atoms with E-state index >= 15 is 0 Å². The van der Waals surface area contributed by atoms with Crippen molar-refractivity contribution < 1.29 is 4.79 Å². The minimum Gasteiger partial charge on any atom is -0.311 e. The Labute approximate surface area is 123 Å². The number of nitrogens with zero attached hydrogens (tertiary/aromatic N) is 1. The summed E-state index contributed by atoms with van der Waals surface area (Å²) >= 11 is 1.69. The fourth-order valence-corrected chi connectivity index (χ4v) is 2.57. The Kier molecular flexibility index (Phi) is 5.18. The van der Waals surface area contributed by atoms with Gasteiger partial charge >= 0.3 is 0 Å². The molecule has 2 rings (SSSR count). The summed E-state index contributed by atoms with van der Waals surface area (Å²) in [7, 11) is 0. The summed E-state index contributed by atoms with van der Waals surface area (Å²) in [4.78, 5) is 17.2. The number of aryl methyl sites for hydroxylation is 2. The molecule has 1 heterocycles. The zero-order valence-electron chi connectivity index (χ0n) is 11.7. The second kappa shape index (κ2) is 7.10. The van der Waals surface area contributed by atoms with Crippen LogP contribution in [0.15, 0.2) is 47.4 Å². The lowest BCUT2D eigenvalue weighted by molar-refractivity contribution is -0.115. The number of pyridine rings is 1. The van der Waals surface area contributed by atoms with Crippen LogP contribution in [0.1, 0.15) is 17.7 Å². The third-order valence-corrected chi connectivity index (χ3v) is 3.79. The van der Waals surface area contributed by atoms with Crippen molar-refractivity contribution in [2.75, 3.05) is 11.1 Å². The van der Waals surface area contributed by atoms with Crippen LogP contribution in [-0.2, 0) is 4.79 Å². The number of thioether (sulfide) groups is 1. The Hall–Kier alpha value is -1.81. The highest BCUT2D eigenvalue weighted by atomic mass is 32.2. The van der Waals surface area contributed by atoms with Crippen molar-refractivity contribution in [3.05, 3.63) is 53.7 Å². The Balaban J connectivity index is 1.76. The second-order valence-electron chi connectivity index (χ2n) is 4.62. The highest BCUT2D eigenvalue weighted by Gasteiger charge is 2.04. The molecule has 1 amide bonds. The number of amides is 1. The molecule has 20 heavy (non-hydrogen) atoms. The standard InChI is InChI=1S/C16H18N2OS/c1-12-6-8-14(9-7-12)20-11-10-16(19)18-15-5-3-4-13(2)17-15/h3-9H,10-11H2,1-2H3,(H,17,18,19). The molecule has 1 aromatic carbocycles. The van der Waals surface area contributed by atoms with E-state index in [4.69, 9.17) is 0 Å². The number of anilines is 1. The number of rotatable bonds is 5. The summed E-state index contributed by atoms with van der Waals surface area (Å²) in [6, 6.07) is 13.9. The van der Waals surface area contributed by atoms with Crippen molar-refractivity contribution in [3.8, 4) is 0 Å². The average Bonchev–Trinajstić information content (AvgIpc) is 2.41. The highest BCUT2D eigenvalue weighted by Crippen LogP contribution is 2.19. The van der Waals surface area contributed by atoms with Crippen LogP contribution >= 0.6 is 11.8 Å². The van der Waals surface area contributed by atoms with E-state index in [1.165, 1.54) is 10.5 Å². The summed E-state index contributed by atoms with van der Waals surface area (Å²) in [5.74, 6) is 1.39. The Morgan fingerprint density at radius 2 is 1.90 bits per heavy atom. The van der Waals surface area contributed by atoms with Gasteiger partial charge in [0.25, 0.3) is 0 Å². The third-order valence-electron chi connectivity index (χ3n) is 2.77. The summed E-state index contributed by atoms with van der Waals surface area (Å²) in [5.41, 5.74) is 2.15. The van der Waals surface area contributed by atoms with E-state index in [1.54, 1.807) is 17.8 Å². The molecule has 1 aromatic heterocycles. The first-order chi connectivity index (χ1) is 9.63. The van der Waals surface area contributed by atoms with Gasteiger partial charge in [0.1, 0.15) is 5.82 Å². The van der Waals surface area contributed by atoms with Crippen LogP contribution in [0, 0.1) is 13.8 Å². The van der Waals surface area contributed by atoms with Crippen LogP contribution in [0.3, 0.4) is 0 Å². The van der Waals surface area contributed by atoms with E-state index in [9.17, 15) is 4.79 Å². The highest BCUT2D eigenvalue weighted by molar-refractivity contribution is 7.99. The van der Waals surface area contributed by atoms with Crippen molar-refractivity contribution in [1.82, 2.24) is 4.98 Å². The van der Waals surface area contributed by atoms with E-state index in [-0.39, 0.29) is 5.91 Å². The monoisotopic (exact) mass is 286 g/mol. The maximum absolute atomic E-state index is 11.8. The quantitative estimate of drug-likeness (QED) is 0.850. The van der Waals surface area contributed by atoms with E-state index < -0.39 is 0 Å². The third kappa shape index (κ3) is 4.70. The first-order valence-corrected chi connectivity index (χ1v) is 7.55. The number of benzene rings is 1. The Morgan fingerprint density at radius 1 is 1.15 bits per heavy atom. The minimum atomic E-state index is 0.00251. The van der Waals surface area contributed by atoms with Crippen molar-refractivity contribution >= 4 is 23.5 Å². The van der Waals surface area contributed by atoms with Gasteiger partial charge in [-0.2, -0.15) is 0 Å². The van der Waals surface area contributed by atoms with E-state index in [2.05, 4.69) is 41.5 Å². The maximum atomic E-state index is 11.8. The largest absolute Gasteiger partial charge is 0.311 e.